The molecule has 1 fully saturated rings. The number of likely N-dealkylation sites (N-methyl/N-ethyl adjacent to an activating group) is 1. The van der Waals surface area contributed by atoms with Crippen molar-refractivity contribution in [3.8, 4) is 0 Å². The normalized spacial score (nSPS) is 14.3. The first kappa shape index (κ1) is 14.2. The van der Waals surface area contributed by atoms with Gasteiger partial charge in [-0.3, -0.25) is 4.79 Å². The zero-order valence-corrected chi connectivity index (χ0v) is 11.5. The smallest absolute Gasteiger partial charge is 0.335 e. The van der Waals surface area contributed by atoms with Crippen molar-refractivity contribution in [1.29, 1.82) is 0 Å². The van der Waals surface area contributed by atoms with Crippen molar-refractivity contribution in [3.63, 3.8) is 0 Å². The molecule has 1 aliphatic heterocycles. The molecule has 1 amide bonds. The Kier molecular flexibility index (Phi) is 4.12. The fourth-order valence-electron chi connectivity index (χ4n) is 2.39. The number of carboxylic acid groups (broad SMARTS) is 1. The summed E-state index contributed by atoms with van der Waals surface area (Å²) in [6.07, 6.45) is 2.12. The second kappa shape index (κ2) is 5.81. The van der Waals surface area contributed by atoms with Crippen LogP contribution in [0, 0.1) is 0 Å². The van der Waals surface area contributed by atoms with Crippen LogP contribution in [0.25, 0.3) is 0 Å². The van der Waals surface area contributed by atoms with Crippen molar-refractivity contribution in [3.05, 3.63) is 23.8 Å². The van der Waals surface area contributed by atoms with Crippen LogP contribution in [0.1, 0.15) is 23.2 Å². The number of nitrogen functional groups attached to an aromatic ring is 1. The maximum absolute atomic E-state index is 12.1. The van der Waals surface area contributed by atoms with E-state index < -0.39 is 5.97 Å². The third kappa shape index (κ3) is 3.01. The molecule has 0 saturated carbocycles. The van der Waals surface area contributed by atoms with Gasteiger partial charge in [0.2, 0.25) is 5.91 Å². The summed E-state index contributed by atoms with van der Waals surface area (Å²) >= 11 is 0. The standard InChI is InChI=1S/C14H19N3O3/c1-16(9-13(18)17-6-2-3-7-17)12-5-4-10(14(19)20)8-11(12)15/h4-5,8H,2-3,6-7,9,15H2,1H3,(H,19,20). The molecule has 2 rings (SSSR count). The maximum Gasteiger partial charge on any atom is 0.335 e. The number of hydrogen-bond acceptors (Lipinski definition) is 4. The fourth-order valence-corrected chi connectivity index (χ4v) is 2.39. The molecule has 0 aromatic heterocycles. The van der Waals surface area contributed by atoms with Crippen LogP contribution >= 0.6 is 0 Å². The lowest BCUT2D eigenvalue weighted by Crippen LogP contribution is -2.37. The van der Waals surface area contributed by atoms with Gasteiger partial charge in [-0.25, -0.2) is 4.79 Å². The third-order valence-electron chi connectivity index (χ3n) is 3.52. The SMILES string of the molecule is CN(CC(=O)N1CCCC1)c1ccc(C(=O)O)cc1N. The Balaban J connectivity index is 2.06. The molecular formula is C14H19N3O3. The molecule has 1 heterocycles. The van der Waals surface area contributed by atoms with E-state index in [9.17, 15) is 9.59 Å². The van der Waals surface area contributed by atoms with Crippen molar-refractivity contribution in [2.45, 2.75) is 12.8 Å². The second-order valence-corrected chi connectivity index (χ2v) is 5.02. The van der Waals surface area contributed by atoms with Gasteiger partial charge in [0.25, 0.3) is 0 Å². The summed E-state index contributed by atoms with van der Waals surface area (Å²) in [5.74, 6) is -0.939. The lowest BCUT2D eigenvalue weighted by atomic mass is 10.1. The van der Waals surface area contributed by atoms with Crippen molar-refractivity contribution in [1.82, 2.24) is 4.90 Å². The molecule has 0 aliphatic carbocycles. The van der Waals surface area contributed by atoms with Gasteiger partial charge in [-0.05, 0) is 31.0 Å². The number of carbonyl (C=O) groups excluding carboxylic acids is 1. The summed E-state index contributed by atoms with van der Waals surface area (Å²) in [6.45, 7) is 1.89. The molecule has 1 saturated heterocycles. The summed E-state index contributed by atoms with van der Waals surface area (Å²) in [6, 6.07) is 4.54. The van der Waals surface area contributed by atoms with Gasteiger partial charge < -0.3 is 20.6 Å². The van der Waals surface area contributed by atoms with Gasteiger partial charge in [-0.15, -0.1) is 0 Å². The minimum atomic E-state index is -1.01. The summed E-state index contributed by atoms with van der Waals surface area (Å²) in [5.41, 5.74) is 7.03. The Morgan fingerprint density at radius 3 is 2.55 bits per heavy atom. The molecule has 0 atom stereocenters. The van der Waals surface area contributed by atoms with Gasteiger partial charge in [-0.2, -0.15) is 0 Å². The quantitative estimate of drug-likeness (QED) is 0.803. The number of likely N-dealkylation sites (tertiary alicyclic amines) is 1. The van der Waals surface area contributed by atoms with Crippen molar-refractivity contribution >= 4 is 23.3 Å². The number of nitrogens with zero attached hydrogens (tertiary/aromatic N) is 2. The highest BCUT2D eigenvalue weighted by molar-refractivity contribution is 5.91. The minimum absolute atomic E-state index is 0.0757. The van der Waals surface area contributed by atoms with Gasteiger partial charge in [0.1, 0.15) is 0 Å². The molecule has 3 N–H and O–H groups in total. The monoisotopic (exact) mass is 277 g/mol. The van der Waals surface area contributed by atoms with E-state index in [4.69, 9.17) is 10.8 Å². The first-order valence-corrected chi connectivity index (χ1v) is 6.61. The fraction of sp³-hybridized carbons (Fsp3) is 0.429. The number of amides is 1. The van der Waals surface area contributed by atoms with E-state index >= 15 is 0 Å². The van der Waals surface area contributed by atoms with E-state index in [1.54, 1.807) is 18.0 Å². The van der Waals surface area contributed by atoms with E-state index in [-0.39, 0.29) is 18.0 Å². The molecule has 1 aliphatic rings. The third-order valence-corrected chi connectivity index (χ3v) is 3.52. The van der Waals surface area contributed by atoms with Crippen LogP contribution in [-0.2, 0) is 4.79 Å². The van der Waals surface area contributed by atoms with E-state index in [0.29, 0.717) is 11.4 Å². The number of aromatic carboxylic acids is 1. The topological polar surface area (TPSA) is 86.9 Å². The number of hydrogen-bond donors (Lipinski definition) is 2. The highest BCUT2D eigenvalue weighted by Gasteiger charge is 2.20. The minimum Gasteiger partial charge on any atom is -0.478 e. The zero-order chi connectivity index (χ0) is 14.7. The number of benzene rings is 1. The Morgan fingerprint density at radius 2 is 2.00 bits per heavy atom. The lowest BCUT2D eigenvalue weighted by Gasteiger charge is -2.24. The van der Waals surface area contributed by atoms with Crippen LogP contribution < -0.4 is 10.6 Å². The molecule has 1 aromatic rings. The molecule has 20 heavy (non-hydrogen) atoms. The molecule has 1 aromatic carbocycles. The van der Waals surface area contributed by atoms with Gasteiger partial charge in [0, 0.05) is 20.1 Å². The van der Waals surface area contributed by atoms with Gasteiger partial charge in [-0.1, -0.05) is 0 Å². The molecule has 0 radical (unpaired) electrons. The van der Waals surface area contributed by atoms with Gasteiger partial charge >= 0.3 is 5.97 Å². The number of nitrogens with two attached hydrogens (primary N) is 1. The van der Waals surface area contributed by atoms with Crippen LogP contribution in [0.5, 0.6) is 0 Å². The zero-order valence-electron chi connectivity index (χ0n) is 11.5. The Morgan fingerprint density at radius 1 is 1.35 bits per heavy atom. The number of anilines is 2. The molecule has 108 valence electrons. The lowest BCUT2D eigenvalue weighted by molar-refractivity contribution is -0.128. The van der Waals surface area contributed by atoms with Crippen LogP contribution in [-0.4, -0.2) is 48.6 Å². The molecule has 6 nitrogen and oxygen atoms in total. The Hall–Kier alpha value is -2.24. The molecule has 0 bridgehead atoms. The highest BCUT2D eigenvalue weighted by Crippen LogP contribution is 2.23. The largest absolute Gasteiger partial charge is 0.478 e. The molecule has 0 spiro atoms. The van der Waals surface area contributed by atoms with Crippen LogP contribution in [0.15, 0.2) is 18.2 Å². The predicted molar refractivity (Wildman–Crippen MR) is 76.9 cm³/mol. The van der Waals surface area contributed by atoms with Crippen molar-refractivity contribution in [2.75, 3.05) is 37.3 Å². The molecule has 6 heteroatoms. The Bertz CT molecular complexity index is 524. The van der Waals surface area contributed by atoms with E-state index in [1.165, 1.54) is 12.1 Å². The Labute approximate surface area is 117 Å². The van der Waals surface area contributed by atoms with Gasteiger partial charge in [0.15, 0.2) is 0 Å². The van der Waals surface area contributed by atoms with E-state index in [0.717, 1.165) is 25.9 Å². The summed E-state index contributed by atoms with van der Waals surface area (Å²) in [7, 11) is 1.78. The number of carboxylic acids is 1. The van der Waals surface area contributed by atoms with Crippen molar-refractivity contribution < 1.29 is 14.7 Å². The summed E-state index contributed by atoms with van der Waals surface area (Å²) < 4.78 is 0. The van der Waals surface area contributed by atoms with Crippen LogP contribution in [0.3, 0.4) is 0 Å². The average molecular weight is 277 g/mol. The van der Waals surface area contributed by atoms with Gasteiger partial charge in [0.05, 0.1) is 23.5 Å². The van der Waals surface area contributed by atoms with Crippen LogP contribution in [0.4, 0.5) is 11.4 Å². The van der Waals surface area contributed by atoms with E-state index in [1.807, 2.05) is 4.90 Å². The number of carbonyl (C=O) groups is 2. The predicted octanol–water partition coefficient (Wildman–Crippen LogP) is 1.03. The van der Waals surface area contributed by atoms with E-state index in [2.05, 4.69) is 0 Å². The molecule has 0 unspecified atom stereocenters. The summed E-state index contributed by atoms with van der Waals surface area (Å²) in [4.78, 5) is 26.5. The first-order valence-electron chi connectivity index (χ1n) is 6.61. The number of rotatable bonds is 4. The highest BCUT2D eigenvalue weighted by atomic mass is 16.4. The molecular weight excluding hydrogens is 258 g/mol. The first-order chi connectivity index (χ1) is 9.49. The summed E-state index contributed by atoms with van der Waals surface area (Å²) in [5, 5.41) is 8.90. The van der Waals surface area contributed by atoms with Crippen molar-refractivity contribution in [2.24, 2.45) is 0 Å². The van der Waals surface area contributed by atoms with Crippen LogP contribution in [0.2, 0.25) is 0 Å². The maximum atomic E-state index is 12.1. The average Bonchev–Trinajstić information content (AvgIpc) is 2.92. The second-order valence-electron chi connectivity index (χ2n) is 5.02.